The molecule has 0 radical (unpaired) electrons. The first kappa shape index (κ1) is 19.4. The van der Waals surface area contributed by atoms with Gasteiger partial charge in [-0.3, -0.25) is 0 Å². The van der Waals surface area contributed by atoms with Gasteiger partial charge >= 0.3 is 6.01 Å². The van der Waals surface area contributed by atoms with Gasteiger partial charge in [-0.2, -0.15) is 4.98 Å². The van der Waals surface area contributed by atoms with Gasteiger partial charge in [-0.1, -0.05) is 66.9 Å². The number of ether oxygens (including phenoxy) is 1. The Balaban J connectivity index is 1.77. The quantitative estimate of drug-likeness (QED) is 0.337. The topological polar surface area (TPSA) is 35.0 Å². The fourth-order valence-electron chi connectivity index (χ4n) is 3.44. The van der Waals surface area contributed by atoms with E-state index in [-0.39, 0.29) is 0 Å². The van der Waals surface area contributed by atoms with E-state index in [0.717, 1.165) is 36.1 Å². The van der Waals surface area contributed by atoms with Gasteiger partial charge in [0.1, 0.15) is 5.75 Å². The Labute approximate surface area is 176 Å². The highest BCUT2D eigenvalue weighted by Crippen LogP contribution is 2.32. The first-order chi connectivity index (χ1) is 14.1. The minimum atomic E-state index is 0.360. The number of unbranched alkanes of at least 4 members (excludes halogenated alkanes) is 1. The van der Waals surface area contributed by atoms with Crippen molar-refractivity contribution < 1.29 is 4.74 Å². The number of rotatable bonds is 6. The summed E-state index contributed by atoms with van der Waals surface area (Å²) in [5, 5.41) is 3.11. The van der Waals surface area contributed by atoms with Crippen LogP contribution in [0.3, 0.4) is 0 Å². The van der Waals surface area contributed by atoms with Crippen LogP contribution in [-0.2, 0) is 6.42 Å². The minimum Gasteiger partial charge on any atom is -0.424 e. The van der Waals surface area contributed by atoms with E-state index in [2.05, 4.69) is 55.2 Å². The fourth-order valence-corrected chi connectivity index (χ4v) is 3.56. The van der Waals surface area contributed by atoms with E-state index in [1.54, 1.807) is 12.1 Å². The van der Waals surface area contributed by atoms with Crippen molar-refractivity contribution in [3.63, 3.8) is 0 Å². The molecular formula is C25H23ClN2O. The van der Waals surface area contributed by atoms with Crippen LogP contribution in [0.2, 0.25) is 5.02 Å². The Bertz CT molecular complexity index is 1140. The maximum atomic E-state index is 5.96. The Hall–Kier alpha value is -2.91. The molecule has 4 aromatic rings. The van der Waals surface area contributed by atoms with E-state index in [4.69, 9.17) is 21.3 Å². The SMILES string of the molecule is CCCCc1nc(Oc2ccc(Cl)cc2)ncc1-c1cccc2ccc(C)cc12. The Morgan fingerprint density at radius 3 is 2.59 bits per heavy atom. The van der Waals surface area contributed by atoms with Gasteiger partial charge in [-0.15, -0.1) is 0 Å². The van der Waals surface area contributed by atoms with E-state index < -0.39 is 0 Å². The molecule has 0 aliphatic carbocycles. The highest BCUT2D eigenvalue weighted by atomic mass is 35.5. The fraction of sp³-hybridized carbons (Fsp3) is 0.200. The smallest absolute Gasteiger partial charge is 0.322 e. The molecule has 146 valence electrons. The molecule has 1 heterocycles. The summed E-state index contributed by atoms with van der Waals surface area (Å²) in [5.41, 5.74) is 4.48. The van der Waals surface area contributed by atoms with Crippen LogP contribution in [0.4, 0.5) is 0 Å². The van der Waals surface area contributed by atoms with Crippen LogP contribution in [0.25, 0.3) is 21.9 Å². The second kappa shape index (κ2) is 8.62. The molecule has 4 heteroatoms. The van der Waals surface area contributed by atoms with Crippen molar-refractivity contribution in [2.45, 2.75) is 33.1 Å². The first-order valence-corrected chi connectivity index (χ1v) is 10.3. The Morgan fingerprint density at radius 1 is 0.966 bits per heavy atom. The summed E-state index contributed by atoms with van der Waals surface area (Å²) in [4.78, 5) is 9.27. The largest absolute Gasteiger partial charge is 0.424 e. The molecule has 0 atom stereocenters. The van der Waals surface area contributed by atoms with E-state index in [1.807, 2.05) is 18.3 Å². The highest BCUT2D eigenvalue weighted by molar-refractivity contribution is 6.30. The second-order valence-electron chi connectivity index (χ2n) is 7.20. The third-order valence-electron chi connectivity index (χ3n) is 4.96. The van der Waals surface area contributed by atoms with Crippen LogP contribution in [0.15, 0.2) is 66.9 Å². The van der Waals surface area contributed by atoms with Crippen LogP contribution in [0.1, 0.15) is 31.0 Å². The molecule has 0 aliphatic heterocycles. The van der Waals surface area contributed by atoms with Gasteiger partial charge in [0.2, 0.25) is 0 Å². The number of fused-ring (bicyclic) bond motifs is 1. The van der Waals surface area contributed by atoms with Crippen molar-refractivity contribution in [2.24, 2.45) is 0 Å². The zero-order chi connectivity index (χ0) is 20.2. The maximum Gasteiger partial charge on any atom is 0.322 e. The lowest BCUT2D eigenvalue weighted by Gasteiger charge is -2.13. The first-order valence-electron chi connectivity index (χ1n) is 9.93. The minimum absolute atomic E-state index is 0.360. The van der Waals surface area contributed by atoms with Crippen LogP contribution >= 0.6 is 11.6 Å². The van der Waals surface area contributed by atoms with Crippen LogP contribution in [-0.4, -0.2) is 9.97 Å². The molecule has 0 aliphatic rings. The molecule has 0 N–H and O–H groups in total. The van der Waals surface area contributed by atoms with E-state index in [0.29, 0.717) is 16.8 Å². The zero-order valence-electron chi connectivity index (χ0n) is 16.7. The van der Waals surface area contributed by atoms with Crippen LogP contribution < -0.4 is 4.74 Å². The third kappa shape index (κ3) is 4.41. The summed E-state index contributed by atoms with van der Waals surface area (Å²) >= 11 is 5.96. The highest BCUT2D eigenvalue weighted by Gasteiger charge is 2.13. The number of aromatic nitrogens is 2. The summed E-state index contributed by atoms with van der Waals surface area (Å²) in [6, 6.07) is 20.5. The van der Waals surface area contributed by atoms with E-state index in [9.17, 15) is 0 Å². The lowest BCUT2D eigenvalue weighted by Crippen LogP contribution is -2.00. The monoisotopic (exact) mass is 402 g/mol. The zero-order valence-corrected chi connectivity index (χ0v) is 17.4. The van der Waals surface area contributed by atoms with Crippen molar-refractivity contribution in [1.82, 2.24) is 9.97 Å². The third-order valence-corrected chi connectivity index (χ3v) is 5.22. The summed E-state index contributed by atoms with van der Waals surface area (Å²) in [5.74, 6) is 0.671. The standard InChI is InChI=1S/C25H23ClN2O/c1-3-4-8-24-23(21-7-5-6-18-10-9-17(2)15-22(18)21)16-27-25(28-24)29-20-13-11-19(26)12-14-20/h5-7,9-16H,3-4,8H2,1-2H3. The molecule has 0 saturated heterocycles. The van der Waals surface area contributed by atoms with Gasteiger partial charge in [-0.25, -0.2) is 4.98 Å². The van der Waals surface area contributed by atoms with Crippen molar-refractivity contribution >= 4 is 22.4 Å². The molecule has 1 aromatic heterocycles. The molecule has 3 nitrogen and oxygen atoms in total. The number of benzene rings is 3. The maximum absolute atomic E-state index is 5.96. The lowest BCUT2D eigenvalue weighted by atomic mass is 9.95. The van der Waals surface area contributed by atoms with E-state index in [1.165, 1.54) is 16.3 Å². The van der Waals surface area contributed by atoms with Gasteiger partial charge in [0, 0.05) is 16.8 Å². The number of hydrogen-bond donors (Lipinski definition) is 0. The molecular weight excluding hydrogens is 380 g/mol. The number of hydrogen-bond acceptors (Lipinski definition) is 3. The molecule has 3 aromatic carbocycles. The van der Waals surface area contributed by atoms with Gasteiger partial charge < -0.3 is 4.74 Å². The summed E-state index contributed by atoms with van der Waals surface area (Å²) in [6.45, 7) is 4.31. The van der Waals surface area contributed by atoms with Crippen LogP contribution in [0.5, 0.6) is 11.8 Å². The van der Waals surface area contributed by atoms with Crippen molar-refractivity contribution in [3.05, 3.63) is 83.1 Å². The Morgan fingerprint density at radius 2 is 1.79 bits per heavy atom. The predicted octanol–water partition coefficient (Wildman–Crippen LogP) is 7.39. The average molecular weight is 403 g/mol. The van der Waals surface area contributed by atoms with E-state index >= 15 is 0 Å². The number of nitrogens with zero attached hydrogens (tertiary/aromatic N) is 2. The van der Waals surface area contributed by atoms with Crippen molar-refractivity contribution in [3.8, 4) is 22.9 Å². The molecule has 0 spiro atoms. The Kier molecular flexibility index (Phi) is 5.77. The molecule has 0 bridgehead atoms. The molecule has 0 fully saturated rings. The summed E-state index contributed by atoms with van der Waals surface area (Å²) in [6.07, 6.45) is 4.94. The number of aryl methyl sites for hydroxylation is 2. The van der Waals surface area contributed by atoms with Crippen molar-refractivity contribution in [2.75, 3.05) is 0 Å². The lowest BCUT2D eigenvalue weighted by molar-refractivity contribution is 0.439. The molecule has 0 unspecified atom stereocenters. The van der Waals surface area contributed by atoms with Gasteiger partial charge in [0.05, 0.1) is 5.69 Å². The average Bonchev–Trinajstić information content (AvgIpc) is 2.74. The second-order valence-corrected chi connectivity index (χ2v) is 7.64. The van der Waals surface area contributed by atoms with Gasteiger partial charge in [0.25, 0.3) is 0 Å². The van der Waals surface area contributed by atoms with Gasteiger partial charge in [0.15, 0.2) is 0 Å². The summed E-state index contributed by atoms with van der Waals surface area (Å²) < 4.78 is 5.87. The predicted molar refractivity (Wildman–Crippen MR) is 120 cm³/mol. The molecule has 4 rings (SSSR count). The normalized spacial score (nSPS) is 11.0. The van der Waals surface area contributed by atoms with Crippen molar-refractivity contribution in [1.29, 1.82) is 0 Å². The molecule has 0 saturated carbocycles. The summed E-state index contributed by atoms with van der Waals surface area (Å²) in [7, 11) is 0. The molecule has 29 heavy (non-hydrogen) atoms. The number of halogens is 1. The van der Waals surface area contributed by atoms with Crippen LogP contribution in [0, 0.1) is 6.92 Å². The van der Waals surface area contributed by atoms with Gasteiger partial charge in [-0.05, 0) is 60.4 Å². The molecule has 0 amide bonds.